The van der Waals surface area contributed by atoms with Gasteiger partial charge < -0.3 is 14.7 Å². The first-order valence-electron chi connectivity index (χ1n) is 10.6. The van der Waals surface area contributed by atoms with E-state index in [-0.39, 0.29) is 23.6 Å². The summed E-state index contributed by atoms with van der Waals surface area (Å²) in [6.07, 6.45) is 3.15. The quantitative estimate of drug-likeness (QED) is 0.186. The molecule has 0 unspecified atom stereocenters. The Morgan fingerprint density at radius 1 is 1.15 bits per heavy atom. The van der Waals surface area contributed by atoms with E-state index in [0.717, 1.165) is 0 Å². The number of Topliss-reactive ketones (excluding diaryl/α,β-unsaturated/α-hetero) is 1. The first-order valence-corrected chi connectivity index (χ1v) is 10.6. The third-order valence-corrected chi connectivity index (χ3v) is 5.45. The molecule has 1 atom stereocenters. The number of pyridine rings is 1. The molecule has 0 bridgehead atoms. The van der Waals surface area contributed by atoms with Crippen LogP contribution in [0.15, 0.2) is 78.6 Å². The van der Waals surface area contributed by atoms with Gasteiger partial charge in [-0.15, -0.1) is 0 Å². The second-order valence-electron chi connectivity index (χ2n) is 7.60. The molecule has 1 aromatic heterocycles. The minimum Gasteiger partial charge on any atom is -0.507 e. The van der Waals surface area contributed by atoms with Gasteiger partial charge in [0.05, 0.1) is 23.1 Å². The van der Waals surface area contributed by atoms with Gasteiger partial charge in [0.2, 0.25) is 0 Å². The lowest BCUT2D eigenvalue weighted by atomic mass is 9.95. The Labute approximate surface area is 195 Å². The van der Waals surface area contributed by atoms with Gasteiger partial charge >= 0.3 is 0 Å². The van der Waals surface area contributed by atoms with E-state index in [2.05, 4.69) is 4.98 Å². The van der Waals surface area contributed by atoms with Crippen LogP contribution < -0.4 is 4.74 Å². The minimum atomic E-state index is -1.02. The normalized spacial score (nSPS) is 17.1. The van der Waals surface area contributed by atoms with Crippen LogP contribution in [0.25, 0.3) is 5.76 Å². The zero-order valence-electron chi connectivity index (χ0n) is 18.2. The summed E-state index contributed by atoms with van der Waals surface area (Å²) >= 11 is 0. The average Bonchev–Trinajstić information content (AvgIpc) is 3.10. The van der Waals surface area contributed by atoms with Gasteiger partial charge in [0.1, 0.15) is 11.5 Å². The van der Waals surface area contributed by atoms with Gasteiger partial charge in [-0.2, -0.15) is 0 Å². The zero-order chi connectivity index (χ0) is 24.2. The van der Waals surface area contributed by atoms with Crippen molar-refractivity contribution < 1.29 is 24.4 Å². The summed E-state index contributed by atoms with van der Waals surface area (Å²) in [5, 5.41) is 22.5. The Morgan fingerprint density at radius 2 is 1.91 bits per heavy atom. The second kappa shape index (κ2) is 9.53. The van der Waals surface area contributed by atoms with Gasteiger partial charge in [0.25, 0.3) is 17.4 Å². The molecule has 3 aromatic rings. The monoisotopic (exact) mass is 459 g/mol. The van der Waals surface area contributed by atoms with Crippen LogP contribution in [-0.4, -0.2) is 38.2 Å². The van der Waals surface area contributed by atoms with Gasteiger partial charge in [-0.3, -0.25) is 24.7 Å². The highest BCUT2D eigenvalue weighted by Gasteiger charge is 2.46. The molecule has 1 amide bonds. The summed E-state index contributed by atoms with van der Waals surface area (Å²) in [7, 11) is 0. The molecule has 4 rings (SSSR count). The number of carbonyl (C=O) groups excluding carboxylic acids is 2. The van der Waals surface area contributed by atoms with Crippen molar-refractivity contribution in [2.45, 2.75) is 19.5 Å². The fourth-order valence-corrected chi connectivity index (χ4v) is 3.92. The van der Waals surface area contributed by atoms with Gasteiger partial charge in [-0.25, -0.2) is 0 Å². The highest BCUT2D eigenvalue weighted by molar-refractivity contribution is 6.46. The number of ketones is 1. The van der Waals surface area contributed by atoms with Crippen LogP contribution in [0.4, 0.5) is 5.69 Å². The number of aliphatic hydroxyl groups is 1. The molecule has 2 aromatic carbocycles. The van der Waals surface area contributed by atoms with Gasteiger partial charge in [-0.1, -0.05) is 18.2 Å². The summed E-state index contributed by atoms with van der Waals surface area (Å²) in [5.41, 5.74) is 0.994. The fraction of sp³-hybridized carbons (Fsp3) is 0.160. The predicted molar refractivity (Wildman–Crippen MR) is 123 cm³/mol. The number of nitro benzene ring substituents is 1. The molecule has 1 aliphatic heterocycles. The van der Waals surface area contributed by atoms with Crippen molar-refractivity contribution in [2.24, 2.45) is 0 Å². The maximum absolute atomic E-state index is 13.1. The Hall–Kier alpha value is -4.53. The molecule has 1 fully saturated rings. The van der Waals surface area contributed by atoms with Crippen molar-refractivity contribution in [3.8, 4) is 5.75 Å². The van der Waals surface area contributed by atoms with Crippen LogP contribution in [0.2, 0.25) is 0 Å². The average molecular weight is 459 g/mol. The summed E-state index contributed by atoms with van der Waals surface area (Å²) in [6, 6.07) is 14.6. The topological polar surface area (TPSA) is 123 Å². The third-order valence-electron chi connectivity index (χ3n) is 5.45. The lowest BCUT2D eigenvalue weighted by Crippen LogP contribution is -2.29. The number of aliphatic hydroxyl groups excluding tert-OH is 1. The summed E-state index contributed by atoms with van der Waals surface area (Å²) in [4.78, 5) is 42.3. The van der Waals surface area contributed by atoms with E-state index < -0.39 is 22.7 Å². The number of aromatic nitrogens is 1. The predicted octanol–water partition coefficient (Wildman–Crippen LogP) is 4.01. The van der Waals surface area contributed by atoms with Crippen LogP contribution in [0.5, 0.6) is 5.75 Å². The summed E-state index contributed by atoms with van der Waals surface area (Å²) in [5.74, 6) is -1.46. The molecule has 0 radical (unpaired) electrons. The van der Waals surface area contributed by atoms with Crippen molar-refractivity contribution >= 4 is 23.1 Å². The summed E-state index contributed by atoms with van der Waals surface area (Å²) in [6.45, 7) is 2.35. The number of ether oxygens (including phenoxy) is 1. The van der Waals surface area contributed by atoms with Crippen LogP contribution in [0.3, 0.4) is 0 Å². The molecule has 1 aliphatic rings. The largest absolute Gasteiger partial charge is 0.507 e. The fourth-order valence-electron chi connectivity index (χ4n) is 3.92. The molecular formula is C25H21N3O6. The highest BCUT2D eigenvalue weighted by Crippen LogP contribution is 2.41. The molecule has 34 heavy (non-hydrogen) atoms. The summed E-state index contributed by atoms with van der Waals surface area (Å²) < 4.78 is 5.42. The number of hydrogen-bond donors (Lipinski definition) is 1. The number of amides is 1. The molecule has 1 saturated heterocycles. The number of non-ortho nitro benzene ring substituents is 1. The van der Waals surface area contributed by atoms with Crippen LogP contribution in [-0.2, 0) is 16.1 Å². The molecule has 0 spiro atoms. The molecule has 9 nitrogen and oxygen atoms in total. The number of rotatable bonds is 7. The van der Waals surface area contributed by atoms with Crippen molar-refractivity contribution in [2.75, 3.05) is 6.61 Å². The number of likely N-dealkylation sites (tertiary alicyclic amines) is 1. The van der Waals surface area contributed by atoms with Gasteiger partial charge in [0, 0.05) is 36.6 Å². The highest BCUT2D eigenvalue weighted by atomic mass is 16.6. The molecule has 9 heteroatoms. The van der Waals surface area contributed by atoms with E-state index in [1.165, 1.54) is 23.1 Å². The molecule has 2 heterocycles. The first-order chi connectivity index (χ1) is 16.4. The van der Waals surface area contributed by atoms with E-state index in [1.807, 2.05) is 6.92 Å². The van der Waals surface area contributed by atoms with Crippen LogP contribution in [0.1, 0.15) is 29.7 Å². The minimum absolute atomic E-state index is 0.0336. The lowest BCUT2D eigenvalue weighted by molar-refractivity contribution is -0.384. The van der Waals surface area contributed by atoms with Crippen molar-refractivity contribution in [3.05, 3.63) is 105 Å². The van der Waals surface area contributed by atoms with E-state index in [0.29, 0.717) is 29.0 Å². The number of nitrogens with zero attached hydrogens (tertiary/aromatic N) is 3. The molecule has 0 aliphatic carbocycles. The van der Waals surface area contributed by atoms with Crippen molar-refractivity contribution in [1.82, 2.24) is 9.88 Å². The Morgan fingerprint density at radius 3 is 2.56 bits per heavy atom. The van der Waals surface area contributed by atoms with E-state index in [4.69, 9.17) is 4.74 Å². The van der Waals surface area contributed by atoms with E-state index >= 15 is 0 Å². The zero-order valence-corrected chi connectivity index (χ0v) is 18.2. The third kappa shape index (κ3) is 4.36. The van der Waals surface area contributed by atoms with Crippen molar-refractivity contribution in [1.29, 1.82) is 0 Å². The Balaban J connectivity index is 1.85. The Bertz CT molecular complexity index is 1270. The molecular weight excluding hydrogens is 438 g/mol. The molecule has 1 N–H and O–H groups in total. The molecule has 0 saturated carbocycles. The lowest BCUT2D eigenvalue weighted by Gasteiger charge is -2.25. The molecule has 172 valence electrons. The number of carbonyl (C=O) groups is 2. The smallest absolute Gasteiger partial charge is 0.295 e. The number of benzene rings is 2. The standard InChI is InChI=1S/C25H21N3O6/c1-2-34-20-10-8-17(9-11-20)23(29)21-22(18-6-3-7-19(13-18)28(32)33)27(25(31)24(21)30)15-16-5-4-12-26-14-16/h3-14,22,29H,2,15H2,1H3/t22-/m1/s1. The van der Waals surface area contributed by atoms with E-state index in [9.17, 15) is 24.8 Å². The Kier molecular flexibility index (Phi) is 6.35. The van der Waals surface area contributed by atoms with Gasteiger partial charge in [-0.05, 0) is 48.4 Å². The SMILES string of the molecule is CCOc1ccc(C(O)=C2C(=O)C(=O)N(Cc3cccnc3)[C@@H]2c2cccc([N+](=O)[O-])c2)cc1. The van der Waals surface area contributed by atoms with Gasteiger partial charge in [0.15, 0.2) is 0 Å². The number of nitro groups is 1. The van der Waals surface area contributed by atoms with E-state index in [1.54, 1.807) is 54.9 Å². The maximum atomic E-state index is 13.1. The van der Waals surface area contributed by atoms with Crippen molar-refractivity contribution in [3.63, 3.8) is 0 Å². The van der Waals surface area contributed by atoms with Crippen LogP contribution in [0, 0.1) is 10.1 Å². The number of hydrogen-bond acceptors (Lipinski definition) is 7. The second-order valence-corrected chi connectivity index (χ2v) is 7.60. The first kappa shape index (κ1) is 22.7. The van der Waals surface area contributed by atoms with Crippen LogP contribution >= 0.6 is 0 Å². The maximum Gasteiger partial charge on any atom is 0.295 e.